The number of halogens is 2. The van der Waals surface area contributed by atoms with Gasteiger partial charge in [-0.05, 0) is 39.2 Å². The third kappa shape index (κ3) is 7.40. The molecule has 0 aliphatic carbocycles. The molecule has 0 saturated carbocycles. The van der Waals surface area contributed by atoms with E-state index in [1.54, 1.807) is 0 Å². The molecule has 0 saturated heterocycles. The molecule has 0 aliphatic heterocycles. The molecule has 6 heteroatoms. The number of fused-ring (bicyclic) bond motifs is 3. The van der Waals surface area contributed by atoms with Crippen molar-refractivity contribution in [3.8, 4) is 0 Å². The minimum Gasteiger partial charge on any atom is -0.344 e. The Balaban J connectivity index is 0.000000579. The molecule has 32 heavy (non-hydrogen) atoms. The average Bonchev–Trinajstić information content (AvgIpc) is 2.73. The molecule has 0 amide bonds. The molecule has 0 spiro atoms. The van der Waals surface area contributed by atoms with E-state index in [2.05, 4.69) is 96.6 Å². The van der Waals surface area contributed by atoms with E-state index in [4.69, 9.17) is 0 Å². The maximum Gasteiger partial charge on any atom is 2.00 e. The normalized spacial score (nSPS) is 9.97. The number of aromatic nitrogens is 2. The van der Waals surface area contributed by atoms with Crippen molar-refractivity contribution < 1.29 is 17.1 Å². The molecular formula is C26H29BrClFeN3. The topological polar surface area (TPSA) is 60.8 Å². The van der Waals surface area contributed by atoms with Crippen LogP contribution in [-0.4, -0.2) is 9.97 Å². The monoisotopic (exact) mass is 553 g/mol. The Hall–Kier alpha value is -1.75. The van der Waals surface area contributed by atoms with Crippen LogP contribution in [0.2, 0.25) is 0 Å². The third-order valence-electron chi connectivity index (χ3n) is 4.75. The number of pyridine rings is 2. The standard InChI is InChI=1S/C14H8BrN2.C12H17.ClH.Fe.H3N/c1-2-11-7-5-9-3-4-10-6-8-12(15)17-14(10)13(9)16-11;1-9(2)11-6-5-7-12(8-11)10(3)4;;;/h3-8H,1H2;5-7,9-10H,1-4H3;1H;;1H3/q2*-1;;+2;. The average molecular weight is 555 g/mol. The van der Waals surface area contributed by atoms with Crippen LogP contribution < -0.4 is 6.15 Å². The Bertz CT molecular complexity index is 1140. The van der Waals surface area contributed by atoms with Crippen molar-refractivity contribution >= 4 is 50.1 Å². The fourth-order valence-electron chi connectivity index (χ4n) is 3.02. The van der Waals surface area contributed by atoms with Gasteiger partial charge in [0.15, 0.2) is 0 Å². The van der Waals surface area contributed by atoms with Crippen LogP contribution in [0.4, 0.5) is 0 Å². The summed E-state index contributed by atoms with van der Waals surface area (Å²) < 4.78 is 0.812. The zero-order valence-corrected chi connectivity index (χ0v) is 22.3. The largest absolute Gasteiger partial charge is 2.00 e. The van der Waals surface area contributed by atoms with Crippen LogP contribution in [0.1, 0.15) is 56.4 Å². The van der Waals surface area contributed by atoms with E-state index in [1.165, 1.54) is 11.1 Å². The van der Waals surface area contributed by atoms with Crippen molar-refractivity contribution in [2.24, 2.45) is 0 Å². The number of nitrogens with zero attached hydrogens (tertiary/aromatic N) is 2. The molecule has 0 aliphatic rings. The molecule has 0 radical (unpaired) electrons. The van der Waals surface area contributed by atoms with E-state index in [9.17, 15) is 0 Å². The molecule has 2 aromatic carbocycles. The van der Waals surface area contributed by atoms with E-state index < -0.39 is 0 Å². The number of hydrogen-bond donors (Lipinski definition) is 1. The van der Waals surface area contributed by atoms with E-state index >= 15 is 0 Å². The quantitative estimate of drug-likeness (QED) is 0.120. The van der Waals surface area contributed by atoms with Crippen molar-refractivity contribution in [2.45, 2.75) is 39.5 Å². The van der Waals surface area contributed by atoms with Gasteiger partial charge in [-0.1, -0.05) is 45.9 Å². The minimum atomic E-state index is 0. The molecule has 4 rings (SSSR count). The second kappa shape index (κ2) is 13.7. The van der Waals surface area contributed by atoms with Crippen molar-refractivity contribution in [1.29, 1.82) is 0 Å². The second-order valence-corrected chi connectivity index (χ2v) is 8.40. The first-order valence-corrected chi connectivity index (χ1v) is 10.6. The molecule has 0 atom stereocenters. The fourth-order valence-corrected chi connectivity index (χ4v) is 3.33. The van der Waals surface area contributed by atoms with Gasteiger partial charge in [-0.15, -0.1) is 24.2 Å². The summed E-state index contributed by atoms with van der Waals surface area (Å²) in [6, 6.07) is 21.8. The first-order chi connectivity index (χ1) is 13.9. The van der Waals surface area contributed by atoms with Gasteiger partial charge in [0.25, 0.3) is 0 Å². The molecule has 2 heterocycles. The van der Waals surface area contributed by atoms with E-state index in [-0.39, 0.29) is 35.6 Å². The first-order valence-electron chi connectivity index (χ1n) is 9.80. The number of rotatable bonds is 3. The predicted molar refractivity (Wildman–Crippen MR) is 138 cm³/mol. The minimum absolute atomic E-state index is 0. The smallest absolute Gasteiger partial charge is 0.344 e. The van der Waals surface area contributed by atoms with Gasteiger partial charge in [0.2, 0.25) is 0 Å². The summed E-state index contributed by atoms with van der Waals surface area (Å²) in [4.78, 5) is 8.99. The summed E-state index contributed by atoms with van der Waals surface area (Å²) in [5.74, 6) is 1.17. The summed E-state index contributed by atoms with van der Waals surface area (Å²) in [6.07, 6.45) is 2.80. The molecule has 170 valence electrons. The van der Waals surface area contributed by atoms with E-state index in [1.807, 2.05) is 30.3 Å². The maximum atomic E-state index is 4.51. The Morgan fingerprint density at radius 3 is 1.78 bits per heavy atom. The van der Waals surface area contributed by atoms with Crippen molar-refractivity contribution in [3.05, 3.63) is 94.7 Å². The summed E-state index contributed by atoms with van der Waals surface area (Å²) in [5, 5.41) is 2.15. The SMILES string of the molecule is C=[C-]c1ccc2ccc3ccc(Br)nc3c2n1.CC(C)c1[c-]c(C(C)C)ccc1.Cl.N.[Fe+2]. The maximum absolute atomic E-state index is 4.51. The third-order valence-corrected chi connectivity index (χ3v) is 5.19. The van der Waals surface area contributed by atoms with Crippen LogP contribution in [0.25, 0.3) is 21.8 Å². The molecule has 4 aromatic rings. The van der Waals surface area contributed by atoms with Crippen LogP contribution in [0.15, 0.2) is 65.8 Å². The van der Waals surface area contributed by atoms with Gasteiger partial charge in [0.05, 0.1) is 11.0 Å². The fraction of sp³-hybridized carbons (Fsp3) is 0.231. The Labute approximate surface area is 216 Å². The van der Waals surface area contributed by atoms with Gasteiger partial charge < -0.3 is 6.15 Å². The molecule has 3 N–H and O–H groups in total. The van der Waals surface area contributed by atoms with E-state index in [0.717, 1.165) is 32.1 Å². The molecule has 0 fully saturated rings. The van der Waals surface area contributed by atoms with Gasteiger partial charge in [-0.3, -0.25) is 4.98 Å². The van der Waals surface area contributed by atoms with Crippen LogP contribution in [-0.2, 0) is 17.1 Å². The Morgan fingerprint density at radius 1 is 0.812 bits per heavy atom. The predicted octanol–water partition coefficient (Wildman–Crippen LogP) is 8.20. The zero-order chi connectivity index (χ0) is 21.0. The second-order valence-electron chi connectivity index (χ2n) is 7.59. The molecule has 3 nitrogen and oxygen atoms in total. The van der Waals surface area contributed by atoms with E-state index in [0.29, 0.717) is 11.8 Å². The van der Waals surface area contributed by atoms with Crippen LogP contribution in [0.3, 0.4) is 0 Å². The van der Waals surface area contributed by atoms with Crippen molar-refractivity contribution in [3.63, 3.8) is 0 Å². The van der Waals surface area contributed by atoms with Crippen molar-refractivity contribution in [2.75, 3.05) is 0 Å². The zero-order valence-electron chi connectivity index (χ0n) is 18.8. The molecule has 0 bridgehead atoms. The summed E-state index contributed by atoms with van der Waals surface area (Å²) >= 11 is 3.39. The number of hydrogen-bond acceptors (Lipinski definition) is 3. The number of benzene rings is 2. The molecular weight excluding hydrogens is 526 g/mol. The molecule has 0 unspecified atom stereocenters. The summed E-state index contributed by atoms with van der Waals surface area (Å²) in [5.41, 5.74) is 5.17. The Morgan fingerprint density at radius 2 is 1.28 bits per heavy atom. The van der Waals surface area contributed by atoms with Gasteiger partial charge in [-0.2, -0.15) is 48.0 Å². The van der Waals surface area contributed by atoms with Gasteiger partial charge in [-0.25, -0.2) is 11.1 Å². The Kier molecular flexibility index (Phi) is 13.0. The van der Waals surface area contributed by atoms with Gasteiger partial charge >= 0.3 is 17.1 Å². The first kappa shape index (κ1) is 30.2. The van der Waals surface area contributed by atoms with Gasteiger partial charge in [0.1, 0.15) is 4.60 Å². The molecule has 2 aromatic heterocycles. The van der Waals surface area contributed by atoms with Crippen molar-refractivity contribution in [1.82, 2.24) is 16.1 Å². The van der Waals surface area contributed by atoms with Gasteiger partial charge in [0, 0.05) is 5.39 Å². The van der Waals surface area contributed by atoms with Crippen LogP contribution in [0.5, 0.6) is 0 Å². The summed E-state index contributed by atoms with van der Waals surface area (Å²) in [7, 11) is 0. The van der Waals surface area contributed by atoms with Crippen LogP contribution in [0, 0.1) is 12.1 Å². The van der Waals surface area contributed by atoms with Crippen LogP contribution >= 0.6 is 28.3 Å². The summed E-state index contributed by atoms with van der Waals surface area (Å²) in [6.45, 7) is 12.4.